The summed E-state index contributed by atoms with van der Waals surface area (Å²) < 4.78 is 7.09. The van der Waals surface area contributed by atoms with Crippen molar-refractivity contribution in [2.45, 2.75) is 6.92 Å². The number of pyridine rings is 1. The SMILES string of the molecule is Cc1cc(Nc2ccc(OC(=O)c3ccccc3)cc2)n2nc(-c3cccnc3)nc2n1. The number of nitrogens with zero attached hydrogens (tertiary/aromatic N) is 5. The van der Waals surface area contributed by atoms with E-state index in [1.54, 1.807) is 53.3 Å². The molecular formula is C24H18N6O2. The molecule has 156 valence electrons. The fraction of sp³-hybridized carbons (Fsp3) is 0.0417. The standard InChI is InChI=1S/C24H18N6O2/c1-16-14-21(30-24(26-16)28-22(29-30)18-8-5-13-25-15-18)27-19-9-11-20(12-10-19)32-23(31)17-6-3-2-4-7-17/h2-15,27H,1H3. The number of esters is 1. The van der Waals surface area contributed by atoms with Gasteiger partial charge >= 0.3 is 5.97 Å². The molecule has 0 aliphatic rings. The minimum Gasteiger partial charge on any atom is -0.423 e. The maximum absolute atomic E-state index is 12.2. The second-order valence-corrected chi connectivity index (χ2v) is 7.08. The Hall–Kier alpha value is -4.59. The van der Waals surface area contributed by atoms with E-state index in [1.165, 1.54) is 0 Å². The first-order valence-corrected chi connectivity index (χ1v) is 9.95. The van der Waals surface area contributed by atoms with Gasteiger partial charge in [-0.05, 0) is 55.5 Å². The van der Waals surface area contributed by atoms with Gasteiger partial charge in [-0.2, -0.15) is 9.50 Å². The van der Waals surface area contributed by atoms with Crippen molar-refractivity contribution in [2.24, 2.45) is 0 Å². The van der Waals surface area contributed by atoms with Crippen LogP contribution in [0.15, 0.2) is 85.2 Å². The van der Waals surface area contributed by atoms with Crippen LogP contribution in [0.5, 0.6) is 5.75 Å². The third-order valence-electron chi connectivity index (χ3n) is 4.71. The van der Waals surface area contributed by atoms with Crippen LogP contribution >= 0.6 is 0 Å². The first-order chi connectivity index (χ1) is 15.7. The summed E-state index contributed by atoms with van der Waals surface area (Å²) in [4.78, 5) is 25.3. The molecule has 0 spiro atoms. The lowest BCUT2D eigenvalue weighted by Crippen LogP contribution is -2.08. The molecule has 8 heteroatoms. The van der Waals surface area contributed by atoms with E-state index in [-0.39, 0.29) is 0 Å². The Bertz CT molecular complexity index is 1380. The number of aromatic nitrogens is 5. The molecule has 1 N–H and O–H groups in total. The van der Waals surface area contributed by atoms with Crippen LogP contribution in [0.1, 0.15) is 16.1 Å². The van der Waals surface area contributed by atoms with Crippen molar-refractivity contribution in [3.05, 3.63) is 96.4 Å². The Morgan fingerprint density at radius 3 is 2.53 bits per heavy atom. The average molecular weight is 422 g/mol. The lowest BCUT2D eigenvalue weighted by Gasteiger charge is -2.10. The van der Waals surface area contributed by atoms with E-state index in [9.17, 15) is 4.79 Å². The second kappa shape index (κ2) is 8.27. The molecule has 32 heavy (non-hydrogen) atoms. The lowest BCUT2D eigenvalue weighted by molar-refractivity contribution is 0.0735. The molecule has 0 aliphatic carbocycles. The Morgan fingerprint density at radius 2 is 1.78 bits per heavy atom. The van der Waals surface area contributed by atoms with Crippen LogP contribution in [0.3, 0.4) is 0 Å². The van der Waals surface area contributed by atoms with Crippen molar-refractivity contribution >= 4 is 23.3 Å². The number of hydrogen-bond acceptors (Lipinski definition) is 7. The second-order valence-electron chi connectivity index (χ2n) is 7.08. The smallest absolute Gasteiger partial charge is 0.343 e. The van der Waals surface area contributed by atoms with Crippen LogP contribution in [-0.2, 0) is 0 Å². The van der Waals surface area contributed by atoms with Crippen LogP contribution < -0.4 is 10.1 Å². The maximum atomic E-state index is 12.2. The minimum absolute atomic E-state index is 0.400. The molecule has 0 fully saturated rings. The fourth-order valence-corrected chi connectivity index (χ4v) is 3.19. The normalized spacial score (nSPS) is 10.8. The Morgan fingerprint density at radius 1 is 0.969 bits per heavy atom. The summed E-state index contributed by atoms with van der Waals surface area (Å²) in [6, 6.07) is 21.6. The first kappa shape index (κ1) is 19.4. The van der Waals surface area contributed by atoms with Crippen molar-refractivity contribution in [3.63, 3.8) is 0 Å². The molecular weight excluding hydrogens is 404 g/mol. The minimum atomic E-state index is -0.400. The van der Waals surface area contributed by atoms with Gasteiger partial charge in [0, 0.05) is 35.4 Å². The molecule has 0 saturated carbocycles. The number of benzene rings is 2. The molecule has 2 aromatic carbocycles. The molecule has 8 nitrogen and oxygen atoms in total. The summed E-state index contributed by atoms with van der Waals surface area (Å²) in [6.45, 7) is 1.90. The zero-order chi connectivity index (χ0) is 21.9. The molecule has 3 aromatic heterocycles. The van der Waals surface area contributed by atoms with Gasteiger partial charge in [-0.1, -0.05) is 18.2 Å². The van der Waals surface area contributed by atoms with Crippen molar-refractivity contribution in [3.8, 4) is 17.1 Å². The predicted octanol–water partition coefficient (Wildman–Crippen LogP) is 4.46. The van der Waals surface area contributed by atoms with Gasteiger partial charge in [0.2, 0.25) is 0 Å². The van der Waals surface area contributed by atoms with Gasteiger partial charge in [0.05, 0.1) is 5.56 Å². The zero-order valence-corrected chi connectivity index (χ0v) is 17.1. The van der Waals surface area contributed by atoms with Crippen LogP contribution in [0, 0.1) is 6.92 Å². The van der Waals surface area contributed by atoms with Gasteiger partial charge in [-0.15, -0.1) is 5.10 Å². The molecule has 5 aromatic rings. The maximum Gasteiger partial charge on any atom is 0.343 e. The number of anilines is 2. The van der Waals surface area contributed by atoms with Crippen molar-refractivity contribution in [1.82, 2.24) is 24.6 Å². The predicted molar refractivity (Wildman–Crippen MR) is 120 cm³/mol. The highest BCUT2D eigenvalue weighted by atomic mass is 16.5. The molecule has 0 bridgehead atoms. The molecule has 0 unspecified atom stereocenters. The summed E-state index contributed by atoms with van der Waals surface area (Å²) in [5.74, 6) is 1.80. The molecule has 0 aliphatic heterocycles. The van der Waals surface area contributed by atoms with Gasteiger partial charge in [0.15, 0.2) is 5.82 Å². The number of hydrogen-bond donors (Lipinski definition) is 1. The largest absolute Gasteiger partial charge is 0.423 e. The van der Waals surface area contributed by atoms with Gasteiger partial charge in [0.25, 0.3) is 5.78 Å². The van der Waals surface area contributed by atoms with Crippen molar-refractivity contribution < 1.29 is 9.53 Å². The van der Waals surface area contributed by atoms with E-state index in [1.807, 2.05) is 43.3 Å². The number of carbonyl (C=O) groups excluding carboxylic acids is 1. The summed E-state index contributed by atoms with van der Waals surface area (Å²) in [5.41, 5.74) is 2.92. The summed E-state index contributed by atoms with van der Waals surface area (Å²) in [5, 5.41) is 7.91. The molecule has 5 rings (SSSR count). The highest BCUT2D eigenvalue weighted by Gasteiger charge is 2.12. The van der Waals surface area contributed by atoms with E-state index in [0.717, 1.165) is 16.9 Å². The fourth-order valence-electron chi connectivity index (χ4n) is 3.19. The Balaban J connectivity index is 1.38. The number of ether oxygens (including phenoxy) is 1. The molecule has 0 saturated heterocycles. The first-order valence-electron chi connectivity index (χ1n) is 9.95. The van der Waals surface area contributed by atoms with Crippen molar-refractivity contribution in [1.29, 1.82) is 0 Å². The van der Waals surface area contributed by atoms with Crippen LogP contribution in [0.25, 0.3) is 17.2 Å². The summed E-state index contributed by atoms with van der Waals surface area (Å²) in [6.07, 6.45) is 3.42. The number of fused-ring (bicyclic) bond motifs is 1. The highest BCUT2D eigenvalue weighted by molar-refractivity contribution is 5.91. The third-order valence-corrected chi connectivity index (χ3v) is 4.71. The molecule has 3 heterocycles. The van der Waals surface area contributed by atoms with Gasteiger partial charge in [0.1, 0.15) is 11.6 Å². The van der Waals surface area contributed by atoms with Gasteiger partial charge in [-0.3, -0.25) is 4.98 Å². The van der Waals surface area contributed by atoms with Crippen molar-refractivity contribution in [2.75, 3.05) is 5.32 Å². The number of aryl methyl sites for hydroxylation is 1. The lowest BCUT2D eigenvalue weighted by atomic mass is 10.2. The van der Waals surface area contributed by atoms with Crippen LogP contribution in [0.2, 0.25) is 0 Å². The topological polar surface area (TPSA) is 94.3 Å². The Kier molecular flexibility index (Phi) is 5.01. The van der Waals surface area contributed by atoms with Gasteiger partial charge < -0.3 is 10.1 Å². The van der Waals surface area contributed by atoms with E-state index >= 15 is 0 Å². The molecule has 0 radical (unpaired) electrons. The van der Waals surface area contributed by atoms with Crippen LogP contribution in [0.4, 0.5) is 11.5 Å². The number of nitrogens with one attached hydrogen (secondary N) is 1. The third kappa shape index (κ3) is 4.01. The average Bonchev–Trinajstić information content (AvgIpc) is 3.26. The molecule has 0 amide bonds. The van der Waals surface area contributed by atoms with Crippen LogP contribution in [-0.4, -0.2) is 30.5 Å². The van der Waals surface area contributed by atoms with E-state index in [4.69, 9.17) is 4.74 Å². The highest BCUT2D eigenvalue weighted by Crippen LogP contribution is 2.23. The van der Waals surface area contributed by atoms with E-state index < -0.39 is 5.97 Å². The Labute approximate surface area is 183 Å². The zero-order valence-electron chi connectivity index (χ0n) is 17.1. The van der Waals surface area contributed by atoms with Gasteiger partial charge in [-0.25, -0.2) is 9.78 Å². The summed E-state index contributed by atoms with van der Waals surface area (Å²) >= 11 is 0. The number of carbonyl (C=O) groups is 1. The quantitative estimate of drug-likeness (QED) is 0.330. The monoisotopic (exact) mass is 422 g/mol. The van der Waals surface area contributed by atoms with E-state index in [0.29, 0.717) is 28.7 Å². The summed E-state index contributed by atoms with van der Waals surface area (Å²) in [7, 11) is 0. The number of rotatable bonds is 5. The molecule has 0 atom stereocenters. The van der Waals surface area contributed by atoms with E-state index in [2.05, 4.69) is 25.4 Å².